The topological polar surface area (TPSA) is 130 Å². The predicted octanol–water partition coefficient (Wildman–Crippen LogP) is 0.827. The molecule has 2 aromatic rings. The first-order chi connectivity index (χ1) is 16.0. The highest BCUT2D eigenvalue weighted by atomic mass is 16.3. The van der Waals surface area contributed by atoms with Crippen LogP contribution >= 0.6 is 0 Å². The second-order valence-electron chi connectivity index (χ2n) is 9.22. The molecule has 33 heavy (non-hydrogen) atoms. The van der Waals surface area contributed by atoms with Crippen LogP contribution in [-0.2, 0) is 9.59 Å². The number of carbonyl (C=O) groups excluding carboxylic acids is 2. The second kappa shape index (κ2) is 8.71. The van der Waals surface area contributed by atoms with E-state index >= 15 is 0 Å². The van der Waals surface area contributed by atoms with E-state index in [1.165, 1.54) is 11.0 Å². The van der Waals surface area contributed by atoms with Gasteiger partial charge in [0.2, 0.25) is 5.91 Å². The molecule has 1 N–H and O–H groups in total. The van der Waals surface area contributed by atoms with E-state index in [4.69, 9.17) is 0 Å². The first-order valence-corrected chi connectivity index (χ1v) is 11.5. The smallest absolute Gasteiger partial charge is 0.233 e. The number of hydrogen-bond acceptors (Lipinski definition) is 9. The second-order valence-corrected chi connectivity index (χ2v) is 9.22. The van der Waals surface area contributed by atoms with Crippen LogP contribution in [0.5, 0.6) is 0 Å². The molecular weight excluding hydrogens is 424 g/mol. The Morgan fingerprint density at radius 1 is 1.09 bits per heavy atom. The average molecular weight is 453 g/mol. The molecule has 2 unspecified atom stereocenters. The Balaban J connectivity index is 1.21. The third-order valence-corrected chi connectivity index (χ3v) is 7.34. The molecule has 5 rings (SSSR count). The minimum atomic E-state index is -0.775. The number of tetrazole rings is 1. The van der Waals surface area contributed by atoms with Crippen LogP contribution < -0.4 is 0 Å². The Morgan fingerprint density at radius 2 is 1.94 bits per heavy atom. The molecule has 1 aliphatic carbocycles. The Hall–Kier alpha value is -3.05. The number of hydrogen-bond donors (Lipinski definition) is 1. The van der Waals surface area contributed by atoms with Crippen molar-refractivity contribution >= 4 is 11.7 Å². The Bertz CT molecular complexity index is 1070. The first kappa shape index (κ1) is 21.8. The van der Waals surface area contributed by atoms with Gasteiger partial charge in [0, 0.05) is 30.8 Å². The number of ketones is 1. The lowest BCUT2D eigenvalue weighted by molar-refractivity contribution is -0.135. The summed E-state index contributed by atoms with van der Waals surface area (Å²) < 4.78 is 1.40. The normalized spacial score (nSPS) is 25.3. The number of likely N-dealkylation sites (tertiary alicyclic amines) is 2. The van der Waals surface area contributed by atoms with Crippen LogP contribution in [0, 0.1) is 5.41 Å². The summed E-state index contributed by atoms with van der Waals surface area (Å²) in [5.74, 6) is 0.818. The number of aliphatic hydroxyl groups is 1. The molecule has 4 heterocycles. The van der Waals surface area contributed by atoms with Crippen LogP contribution in [-0.4, -0.2) is 83.2 Å². The van der Waals surface area contributed by atoms with Gasteiger partial charge in [0.1, 0.15) is 12.4 Å². The Labute approximate surface area is 191 Å². The van der Waals surface area contributed by atoms with Gasteiger partial charge < -0.3 is 14.9 Å². The van der Waals surface area contributed by atoms with Gasteiger partial charge in [-0.3, -0.25) is 9.59 Å². The maximum absolute atomic E-state index is 13.4. The minimum Gasteiger partial charge on any atom is -0.385 e. The van der Waals surface area contributed by atoms with E-state index in [1.807, 2.05) is 11.8 Å². The van der Waals surface area contributed by atoms with E-state index in [1.54, 1.807) is 12.1 Å². The molecule has 0 radical (unpaired) electrons. The maximum atomic E-state index is 13.4. The van der Waals surface area contributed by atoms with Crippen molar-refractivity contribution in [3.63, 3.8) is 0 Å². The number of allylic oxidation sites excluding steroid dienone is 2. The number of nitrogens with zero attached hydrogens (tertiary/aromatic N) is 8. The summed E-state index contributed by atoms with van der Waals surface area (Å²) >= 11 is 0. The zero-order valence-corrected chi connectivity index (χ0v) is 18.7. The molecule has 11 nitrogen and oxygen atoms in total. The van der Waals surface area contributed by atoms with Crippen molar-refractivity contribution in [1.82, 2.24) is 40.2 Å². The van der Waals surface area contributed by atoms with E-state index in [0.29, 0.717) is 37.4 Å². The van der Waals surface area contributed by atoms with Gasteiger partial charge >= 0.3 is 0 Å². The van der Waals surface area contributed by atoms with Crippen molar-refractivity contribution in [1.29, 1.82) is 0 Å². The number of Topliss-reactive ketones (excluding diaryl/α,β-unsaturated/α-hetero) is 1. The molecule has 0 aromatic carbocycles. The predicted molar refractivity (Wildman–Crippen MR) is 116 cm³/mol. The number of rotatable bonds is 5. The molecule has 2 atom stereocenters. The molecule has 2 fully saturated rings. The Kier molecular flexibility index (Phi) is 5.75. The molecule has 0 bridgehead atoms. The van der Waals surface area contributed by atoms with Crippen molar-refractivity contribution in [2.24, 2.45) is 5.41 Å². The maximum Gasteiger partial charge on any atom is 0.233 e. The summed E-state index contributed by atoms with van der Waals surface area (Å²) in [6.07, 6.45) is 5.18. The molecule has 1 spiro atoms. The molecule has 2 saturated heterocycles. The third kappa shape index (κ3) is 4.06. The molecule has 1 amide bonds. The molecule has 2 aromatic heterocycles. The number of aromatic nitrogens is 6. The van der Waals surface area contributed by atoms with Gasteiger partial charge in [0.05, 0.1) is 11.1 Å². The van der Waals surface area contributed by atoms with E-state index in [0.717, 1.165) is 50.0 Å². The molecule has 2 aliphatic heterocycles. The monoisotopic (exact) mass is 452 g/mol. The van der Waals surface area contributed by atoms with E-state index in [9.17, 15) is 14.7 Å². The average Bonchev–Trinajstić information content (AvgIpc) is 3.50. The van der Waals surface area contributed by atoms with Crippen LogP contribution in [0.25, 0.3) is 5.82 Å². The standard InChI is InChI=1S/C22H28N8O3/c1-15-17(4-5-18(15)31)29-12-9-22(21(29)33)7-2-10-28(11-8-22)13-19(32)16-3-6-20(25-24-16)30-14-23-26-27-30/h3,6,14,19,32H,2,4-5,7-13H2,1H3. The first-order valence-electron chi connectivity index (χ1n) is 11.5. The zero-order chi connectivity index (χ0) is 23.0. The van der Waals surface area contributed by atoms with Crippen molar-refractivity contribution in [3.8, 4) is 5.82 Å². The van der Waals surface area contributed by atoms with Gasteiger partial charge in [-0.2, -0.15) is 9.78 Å². The molecule has 11 heteroatoms. The fraction of sp³-hybridized carbons (Fsp3) is 0.591. The number of amides is 1. The Morgan fingerprint density at radius 3 is 2.64 bits per heavy atom. The van der Waals surface area contributed by atoms with Crippen molar-refractivity contribution < 1.29 is 14.7 Å². The van der Waals surface area contributed by atoms with Gasteiger partial charge in [-0.1, -0.05) is 0 Å². The lowest BCUT2D eigenvalue weighted by atomic mass is 9.79. The van der Waals surface area contributed by atoms with Crippen LogP contribution in [0.15, 0.2) is 29.7 Å². The van der Waals surface area contributed by atoms with Gasteiger partial charge in [-0.25, -0.2) is 0 Å². The fourth-order valence-electron chi connectivity index (χ4n) is 5.32. The lowest BCUT2D eigenvalue weighted by Gasteiger charge is -2.28. The van der Waals surface area contributed by atoms with Crippen molar-refractivity contribution in [3.05, 3.63) is 35.4 Å². The van der Waals surface area contributed by atoms with Gasteiger partial charge in [-0.05, 0) is 74.7 Å². The summed E-state index contributed by atoms with van der Waals surface area (Å²) in [6, 6.07) is 3.45. The van der Waals surface area contributed by atoms with Crippen molar-refractivity contribution in [2.45, 2.75) is 51.6 Å². The summed E-state index contributed by atoms with van der Waals surface area (Å²) in [5.41, 5.74) is 1.82. The molecule has 3 aliphatic rings. The highest BCUT2D eigenvalue weighted by molar-refractivity contribution is 5.99. The van der Waals surface area contributed by atoms with Crippen molar-refractivity contribution in [2.75, 3.05) is 26.2 Å². The highest BCUT2D eigenvalue weighted by Crippen LogP contribution is 2.44. The largest absolute Gasteiger partial charge is 0.385 e. The summed E-state index contributed by atoms with van der Waals surface area (Å²) in [4.78, 5) is 29.5. The quantitative estimate of drug-likeness (QED) is 0.701. The molecule has 174 valence electrons. The van der Waals surface area contributed by atoms with Crippen LogP contribution in [0.2, 0.25) is 0 Å². The third-order valence-electron chi connectivity index (χ3n) is 7.34. The SMILES string of the molecule is CC1=C(N2CCC3(CCCN(CC(O)c4ccc(-n5cnnn5)nn4)CC3)C2=O)CCC1=O. The van der Waals surface area contributed by atoms with Gasteiger partial charge in [0.15, 0.2) is 11.6 Å². The lowest BCUT2D eigenvalue weighted by Crippen LogP contribution is -2.36. The number of β-amino-alcohol motifs (C(OH)–C–C–N with tert-alkyl or cyclic N) is 1. The van der Waals surface area contributed by atoms with E-state index in [2.05, 4.69) is 30.6 Å². The molecule has 0 saturated carbocycles. The van der Waals surface area contributed by atoms with Crippen LogP contribution in [0.4, 0.5) is 0 Å². The van der Waals surface area contributed by atoms with E-state index < -0.39 is 6.10 Å². The fourth-order valence-corrected chi connectivity index (χ4v) is 5.32. The zero-order valence-electron chi connectivity index (χ0n) is 18.7. The summed E-state index contributed by atoms with van der Waals surface area (Å²) in [5, 5.41) is 29.9. The van der Waals surface area contributed by atoms with Gasteiger partial charge in [-0.15, -0.1) is 10.2 Å². The van der Waals surface area contributed by atoms with Gasteiger partial charge in [0.25, 0.3) is 0 Å². The van der Waals surface area contributed by atoms with E-state index in [-0.39, 0.29) is 17.1 Å². The number of aliphatic hydroxyl groups excluding tert-OH is 1. The summed E-state index contributed by atoms with van der Waals surface area (Å²) in [7, 11) is 0. The minimum absolute atomic E-state index is 0.161. The van der Waals surface area contributed by atoms with Crippen LogP contribution in [0.1, 0.15) is 57.2 Å². The number of carbonyl (C=O) groups is 2. The highest BCUT2D eigenvalue weighted by Gasteiger charge is 2.48. The summed E-state index contributed by atoms with van der Waals surface area (Å²) in [6.45, 7) is 4.54. The van der Waals surface area contributed by atoms with Crippen LogP contribution in [0.3, 0.4) is 0 Å². The molecular formula is C22H28N8O3.